The number of amides is 2. The first kappa shape index (κ1) is 16.3. The van der Waals surface area contributed by atoms with Gasteiger partial charge in [0, 0.05) is 18.3 Å². The number of primary amides is 1. The summed E-state index contributed by atoms with van der Waals surface area (Å²) >= 11 is 0. The van der Waals surface area contributed by atoms with Gasteiger partial charge < -0.3 is 21.9 Å². The summed E-state index contributed by atoms with van der Waals surface area (Å²) in [4.78, 5) is 27.1. The van der Waals surface area contributed by atoms with Gasteiger partial charge in [-0.25, -0.2) is 4.98 Å². The molecule has 7 nitrogen and oxygen atoms in total. The number of phenols is 1. The van der Waals surface area contributed by atoms with E-state index in [1.165, 1.54) is 18.6 Å². The summed E-state index contributed by atoms with van der Waals surface area (Å²) in [6.45, 7) is 0.320. The molecule has 0 aliphatic heterocycles. The van der Waals surface area contributed by atoms with Gasteiger partial charge in [0.1, 0.15) is 11.6 Å². The number of anilines is 1. The van der Waals surface area contributed by atoms with Crippen molar-refractivity contribution in [3.63, 3.8) is 0 Å². The molecule has 6 N–H and O–H groups in total. The molecule has 0 bridgehead atoms. The number of rotatable bonds is 6. The second-order valence-electron chi connectivity index (χ2n) is 4.92. The van der Waals surface area contributed by atoms with Crippen molar-refractivity contribution in [2.45, 2.75) is 13.0 Å². The van der Waals surface area contributed by atoms with Crippen LogP contribution in [0, 0.1) is 6.42 Å². The fraction of sp³-hybridized carbons (Fsp3) is 0.125. The number of nitrogens with zero attached hydrogens (tertiary/aromatic N) is 1. The Morgan fingerprint density at radius 1 is 1.26 bits per heavy atom. The quantitative estimate of drug-likeness (QED) is 0.618. The number of aromatic hydroxyl groups is 1. The summed E-state index contributed by atoms with van der Waals surface area (Å²) in [5.41, 5.74) is 12.3. The molecule has 119 valence electrons. The fourth-order valence-corrected chi connectivity index (χ4v) is 1.98. The van der Waals surface area contributed by atoms with E-state index in [0.717, 1.165) is 5.56 Å². The Hall–Kier alpha value is -3.09. The van der Waals surface area contributed by atoms with Crippen LogP contribution in [0.4, 0.5) is 5.82 Å². The predicted octanol–water partition coefficient (Wildman–Crippen LogP) is 0.531. The maximum atomic E-state index is 11.8. The highest BCUT2D eigenvalue weighted by Crippen LogP contribution is 2.17. The van der Waals surface area contributed by atoms with Gasteiger partial charge >= 0.3 is 0 Å². The van der Waals surface area contributed by atoms with E-state index in [0.29, 0.717) is 17.9 Å². The summed E-state index contributed by atoms with van der Waals surface area (Å²) in [5, 5.41) is 12.1. The zero-order chi connectivity index (χ0) is 16.8. The molecule has 2 rings (SSSR count). The number of hydrogen-bond acceptors (Lipinski definition) is 5. The summed E-state index contributed by atoms with van der Waals surface area (Å²) in [6.07, 6.45) is 3.22. The number of nitrogens with two attached hydrogens (primary N) is 2. The average molecular weight is 313 g/mol. The fourth-order valence-electron chi connectivity index (χ4n) is 1.98. The molecular formula is C16H17N4O3. The molecule has 2 amide bonds. The van der Waals surface area contributed by atoms with E-state index in [-0.39, 0.29) is 23.6 Å². The van der Waals surface area contributed by atoms with Crippen molar-refractivity contribution in [1.82, 2.24) is 10.3 Å². The molecule has 1 radical (unpaired) electrons. The van der Waals surface area contributed by atoms with E-state index in [9.17, 15) is 14.7 Å². The van der Waals surface area contributed by atoms with Gasteiger partial charge in [-0.15, -0.1) is 0 Å². The smallest absolute Gasteiger partial charge is 0.249 e. The highest BCUT2D eigenvalue weighted by molar-refractivity contribution is 5.95. The largest absolute Gasteiger partial charge is 0.508 e. The highest BCUT2D eigenvalue weighted by Gasteiger charge is 2.11. The Kier molecular flexibility index (Phi) is 5.14. The molecule has 1 heterocycles. The van der Waals surface area contributed by atoms with Gasteiger partial charge in [0.2, 0.25) is 11.8 Å². The number of carbonyl (C=O) groups excluding carboxylic acids is 2. The van der Waals surface area contributed by atoms with E-state index in [1.54, 1.807) is 24.4 Å². The third kappa shape index (κ3) is 4.70. The van der Waals surface area contributed by atoms with Gasteiger partial charge in [0.25, 0.3) is 0 Å². The van der Waals surface area contributed by atoms with Crippen molar-refractivity contribution >= 4 is 17.6 Å². The number of aromatic nitrogens is 1. The van der Waals surface area contributed by atoms with Crippen LogP contribution >= 0.6 is 0 Å². The van der Waals surface area contributed by atoms with Gasteiger partial charge in [-0.05, 0) is 35.7 Å². The second-order valence-corrected chi connectivity index (χ2v) is 4.92. The van der Waals surface area contributed by atoms with Crippen LogP contribution in [0.2, 0.25) is 0 Å². The first-order valence-electron chi connectivity index (χ1n) is 6.89. The van der Waals surface area contributed by atoms with Crippen LogP contribution in [-0.4, -0.2) is 21.9 Å². The molecule has 0 saturated carbocycles. The molecule has 0 spiro atoms. The molecule has 2 aromatic rings. The molecule has 1 aromatic heterocycles. The number of carbonyl (C=O) groups is 2. The summed E-state index contributed by atoms with van der Waals surface area (Å²) < 4.78 is 0. The number of benzene rings is 1. The molecule has 23 heavy (non-hydrogen) atoms. The maximum Gasteiger partial charge on any atom is 0.249 e. The van der Waals surface area contributed by atoms with Crippen molar-refractivity contribution in [3.8, 4) is 5.75 Å². The number of pyridine rings is 1. The van der Waals surface area contributed by atoms with Gasteiger partial charge in [-0.3, -0.25) is 9.59 Å². The minimum Gasteiger partial charge on any atom is -0.508 e. The van der Waals surface area contributed by atoms with Crippen molar-refractivity contribution < 1.29 is 14.7 Å². The summed E-state index contributed by atoms with van der Waals surface area (Å²) in [5.74, 6) is -0.580. The molecule has 0 unspecified atom stereocenters. The monoisotopic (exact) mass is 313 g/mol. The summed E-state index contributed by atoms with van der Waals surface area (Å²) in [7, 11) is 0. The predicted molar refractivity (Wildman–Crippen MR) is 85.1 cm³/mol. The lowest BCUT2D eigenvalue weighted by atomic mass is 10.0. The molecule has 0 saturated heterocycles. The Balaban J connectivity index is 1.89. The van der Waals surface area contributed by atoms with E-state index in [1.807, 2.05) is 0 Å². The standard InChI is InChI=1S/C16H17N4O3/c17-14-5-1-10(8-19-14)9-20-15(22)6-3-11-2-4-12(21)7-13(11)16(18)23/h1-2,4-8,21H,3,9H2,(H2,17,19)(H2,18,23)(H,20,22). The van der Waals surface area contributed by atoms with Crippen LogP contribution in [0.5, 0.6) is 5.75 Å². The van der Waals surface area contributed by atoms with Crippen molar-refractivity contribution in [2.24, 2.45) is 5.73 Å². The van der Waals surface area contributed by atoms with E-state index in [2.05, 4.69) is 10.3 Å². The number of hydrogen-bond donors (Lipinski definition) is 4. The minimum absolute atomic E-state index is 0.0529. The second kappa shape index (κ2) is 7.26. The van der Waals surface area contributed by atoms with Crippen LogP contribution in [0.3, 0.4) is 0 Å². The van der Waals surface area contributed by atoms with Crippen LogP contribution in [0.15, 0.2) is 36.5 Å². The Morgan fingerprint density at radius 3 is 2.70 bits per heavy atom. The topological polar surface area (TPSA) is 131 Å². The van der Waals surface area contributed by atoms with Gasteiger partial charge in [-0.1, -0.05) is 12.1 Å². The van der Waals surface area contributed by atoms with Crippen molar-refractivity contribution in [3.05, 3.63) is 59.6 Å². The van der Waals surface area contributed by atoms with E-state index < -0.39 is 5.91 Å². The maximum absolute atomic E-state index is 11.8. The van der Waals surface area contributed by atoms with Gasteiger partial charge in [-0.2, -0.15) is 0 Å². The SMILES string of the molecule is NC(=O)c1cc(O)ccc1C[CH]C(=O)NCc1ccc(N)nc1. The third-order valence-corrected chi connectivity index (χ3v) is 3.18. The lowest BCUT2D eigenvalue weighted by Gasteiger charge is -2.08. The van der Waals surface area contributed by atoms with E-state index >= 15 is 0 Å². The molecule has 0 fully saturated rings. The van der Waals surface area contributed by atoms with Crippen LogP contribution in [0.25, 0.3) is 0 Å². The summed E-state index contributed by atoms with van der Waals surface area (Å²) in [6, 6.07) is 7.70. The van der Waals surface area contributed by atoms with Crippen molar-refractivity contribution in [1.29, 1.82) is 0 Å². The minimum atomic E-state index is -0.655. The molecule has 0 aliphatic rings. The molecule has 0 atom stereocenters. The third-order valence-electron chi connectivity index (χ3n) is 3.18. The Bertz CT molecular complexity index is 714. The van der Waals surface area contributed by atoms with Gasteiger partial charge in [0.05, 0.1) is 6.42 Å². The van der Waals surface area contributed by atoms with Crippen LogP contribution in [0.1, 0.15) is 21.5 Å². The molecule has 1 aromatic carbocycles. The highest BCUT2D eigenvalue weighted by atomic mass is 16.3. The number of phenolic OH excluding ortho intramolecular Hbond substituents is 1. The zero-order valence-corrected chi connectivity index (χ0v) is 12.3. The first-order valence-corrected chi connectivity index (χ1v) is 6.89. The Labute approximate surface area is 133 Å². The zero-order valence-electron chi connectivity index (χ0n) is 12.3. The molecule has 7 heteroatoms. The number of nitrogens with one attached hydrogen (secondary N) is 1. The lowest BCUT2D eigenvalue weighted by molar-refractivity contribution is -0.118. The van der Waals surface area contributed by atoms with Crippen LogP contribution in [-0.2, 0) is 17.8 Å². The van der Waals surface area contributed by atoms with E-state index in [4.69, 9.17) is 11.5 Å². The average Bonchev–Trinajstić information content (AvgIpc) is 2.53. The normalized spacial score (nSPS) is 10.3. The van der Waals surface area contributed by atoms with Gasteiger partial charge in [0.15, 0.2) is 0 Å². The van der Waals surface area contributed by atoms with Crippen molar-refractivity contribution in [2.75, 3.05) is 5.73 Å². The lowest BCUT2D eigenvalue weighted by Crippen LogP contribution is -2.24. The Morgan fingerprint density at radius 2 is 2.04 bits per heavy atom. The van der Waals surface area contributed by atoms with Crippen LogP contribution < -0.4 is 16.8 Å². The first-order chi connectivity index (χ1) is 11.0. The molecular weight excluding hydrogens is 296 g/mol. The number of nitrogen functional groups attached to an aromatic ring is 1. The molecule has 0 aliphatic carbocycles.